The van der Waals surface area contributed by atoms with Crippen LogP contribution in [-0.4, -0.2) is 30.0 Å². The average Bonchev–Trinajstić information content (AvgIpc) is 2.78. The Labute approximate surface area is 152 Å². The van der Waals surface area contributed by atoms with E-state index in [1.54, 1.807) is 19.1 Å². The molecule has 0 spiro atoms. The van der Waals surface area contributed by atoms with Gasteiger partial charge in [0.15, 0.2) is 5.78 Å². The lowest BCUT2D eigenvalue weighted by Crippen LogP contribution is -2.36. The molecule has 1 aliphatic rings. The predicted molar refractivity (Wildman–Crippen MR) is 104 cm³/mol. The Hall–Kier alpha value is -2.27. The SMILES string of the molecule is CC(=O)c1ccc(NCC(=O)N2CC[C@@H](C)Sc3ccccc32)cc1. The van der Waals surface area contributed by atoms with Crippen molar-refractivity contribution in [3.8, 4) is 0 Å². The van der Waals surface area contributed by atoms with Gasteiger partial charge in [-0.1, -0.05) is 19.1 Å². The first kappa shape index (κ1) is 17.5. The zero-order valence-electron chi connectivity index (χ0n) is 14.5. The van der Waals surface area contributed by atoms with Gasteiger partial charge in [0.2, 0.25) is 5.91 Å². The normalized spacial score (nSPS) is 16.7. The highest BCUT2D eigenvalue weighted by Gasteiger charge is 2.23. The number of nitrogens with one attached hydrogen (secondary N) is 1. The molecule has 2 aromatic carbocycles. The lowest BCUT2D eigenvalue weighted by molar-refractivity contribution is -0.117. The van der Waals surface area contributed by atoms with Crippen LogP contribution in [0.2, 0.25) is 0 Å². The lowest BCUT2D eigenvalue weighted by Gasteiger charge is -2.23. The van der Waals surface area contributed by atoms with Crippen LogP contribution in [0.3, 0.4) is 0 Å². The molecular weight excluding hydrogens is 332 g/mol. The summed E-state index contributed by atoms with van der Waals surface area (Å²) in [6.45, 7) is 4.70. The molecule has 25 heavy (non-hydrogen) atoms. The summed E-state index contributed by atoms with van der Waals surface area (Å²) in [5.74, 6) is 0.0909. The van der Waals surface area contributed by atoms with Crippen molar-refractivity contribution >= 4 is 34.8 Å². The highest BCUT2D eigenvalue weighted by molar-refractivity contribution is 8.00. The van der Waals surface area contributed by atoms with Crippen LogP contribution in [0.4, 0.5) is 11.4 Å². The Morgan fingerprint density at radius 1 is 1.16 bits per heavy atom. The first-order valence-electron chi connectivity index (χ1n) is 8.45. The summed E-state index contributed by atoms with van der Waals surface area (Å²) in [6, 6.07) is 15.3. The fourth-order valence-corrected chi connectivity index (χ4v) is 3.95. The van der Waals surface area contributed by atoms with Crippen LogP contribution >= 0.6 is 11.8 Å². The van der Waals surface area contributed by atoms with E-state index in [4.69, 9.17) is 0 Å². The third-order valence-electron chi connectivity index (χ3n) is 4.28. The van der Waals surface area contributed by atoms with Gasteiger partial charge in [-0.2, -0.15) is 0 Å². The molecule has 0 fully saturated rings. The van der Waals surface area contributed by atoms with E-state index in [9.17, 15) is 9.59 Å². The van der Waals surface area contributed by atoms with Crippen LogP contribution < -0.4 is 10.2 Å². The molecule has 3 rings (SSSR count). The summed E-state index contributed by atoms with van der Waals surface area (Å²) in [7, 11) is 0. The molecule has 1 aliphatic heterocycles. The minimum absolute atomic E-state index is 0.0374. The van der Waals surface area contributed by atoms with E-state index in [1.165, 1.54) is 0 Å². The maximum Gasteiger partial charge on any atom is 0.246 e. The lowest BCUT2D eigenvalue weighted by atomic mass is 10.1. The van der Waals surface area contributed by atoms with Crippen LogP contribution in [0.5, 0.6) is 0 Å². The molecule has 0 bridgehead atoms. The number of fused-ring (bicyclic) bond motifs is 1. The van der Waals surface area contributed by atoms with E-state index in [-0.39, 0.29) is 18.2 Å². The fourth-order valence-electron chi connectivity index (χ4n) is 2.84. The number of carbonyl (C=O) groups is 2. The number of carbonyl (C=O) groups excluding carboxylic acids is 2. The van der Waals surface area contributed by atoms with Gasteiger partial charge in [-0.25, -0.2) is 0 Å². The molecule has 1 heterocycles. The fraction of sp³-hybridized carbons (Fsp3) is 0.300. The van der Waals surface area contributed by atoms with Gasteiger partial charge in [0, 0.05) is 27.9 Å². The Morgan fingerprint density at radius 3 is 2.60 bits per heavy atom. The molecule has 130 valence electrons. The number of hydrogen-bond acceptors (Lipinski definition) is 4. The van der Waals surface area contributed by atoms with Gasteiger partial charge in [0.1, 0.15) is 0 Å². The van der Waals surface area contributed by atoms with Crippen molar-refractivity contribution < 1.29 is 9.59 Å². The van der Waals surface area contributed by atoms with Crippen molar-refractivity contribution in [1.82, 2.24) is 0 Å². The summed E-state index contributed by atoms with van der Waals surface area (Å²) >= 11 is 1.83. The van der Waals surface area contributed by atoms with Crippen molar-refractivity contribution in [2.45, 2.75) is 30.4 Å². The maximum atomic E-state index is 12.8. The Kier molecular flexibility index (Phi) is 5.43. The zero-order chi connectivity index (χ0) is 17.8. The van der Waals surface area contributed by atoms with Crippen molar-refractivity contribution in [1.29, 1.82) is 0 Å². The van der Waals surface area contributed by atoms with Crippen LogP contribution in [0.15, 0.2) is 53.4 Å². The van der Waals surface area contributed by atoms with E-state index in [0.717, 1.165) is 29.2 Å². The quantitative estimate of drug-likeness (QED) is 0.835. The summed E-state index contributed by atoms with van der Waals surface area (Å²) < 4.78 is 0. The standard InChI is InChI=1S/C20H22N2O2S/c1-14-11-12-22(18-5-3-4-6-19(18)25-14)20(24)13-21-17-9-7-16(8-10-17)15(2)23/h3-10,14,21H,11-13H2,1-2H3/t14-/m1/s1. The van der Waals surface area contributed by atoms with Crippen LogP contribution in [0, 0.1) is 0 Å². The van der Waals surface area contributed by atoms with Crippen LogP contribution in [0.1, 0.15) is 30.6 Å². The Morgan fingerprint density at radius 2 is 1.88 bits per heavy atom. The highest BCUT2D eigenvalue weighted by Crippen LogP contribution is 2.37. The van der Waals surface area contributed by atoms with Crippen molar-refractivity contribution in [3.63, 3.8) is 0 Å². The van der Waals surface area contributed by atoms with Gasteiger partial charge in [0.25, 0.3) is 0 Å². The predicted octanol–water partition coefficient (Wildman–Crippen LogP) is 4.22. The summed E-state index contributed by atoms with van der Waals surface area (Å²) in [5.41, 5.74) is 2.50. The third kappa shape index (κ3) is 4.23. The summed E-state index contributed by atoms with van der Waals surface area (Å²) in [5, 5.41) is 3.65. The summed E-state index contributed by atoms with van der Waals surface area (Å²) in [6.07, 6.45) is 0.971. The van der Waals surface area contributed by atoms with Crippen molar-refractivity contribution in [2.24, 2.45) is 0 Å². The molecule has 1 N–H and O–H groups in total. The Bertz CT molecular complexity index is 774. The number of Topliss-reactive ketones (excluding diaryl/α,β-unsaturated/α-hetero) is 1. The highest BCUT2D eigenvalue weighted by atomic mass is 32.2. The van der Waals surface area contributed by atoms with Crippen LogP contribution in [0.25, 0.3) is 0 Å². The molecule has 0 saturated carbocycles. The molecule has 0 aromatic heterocycles. The summed E-state index contributed by atoms with van der Waals surface area (Å²) in [4.78, 5) is 27.1. The van der Waals surface area contributed by atoms with Gasteiger partial charge >= 0.3 is 0 Å². The van der Waals surface area contributed by atoms with E-state index in [0.29, 0.717) is 10.8 Å². The van der Waals surface area contributed by atoms with Gasteiger partial charge in [-0.3, -0.25) is 9.59 Å². The average molecular weight is 354 g/mol. The number of nitrogens with zero attached hydrogens (tertiary/aromatic N) is 1. The molecule has 0 saturated heterocycles. The molecule has 0 unspecified atom stereocenters. The second-order valence-corrected chi connectivity index (χ2v) is 7.70. The van der Waals surface area contributed by atoms with E-state index >= 15 is 0 Å². The van der Waals surface area contributed by atoms with Gasteiger partial charge < -0.3 is 10.2 Å². The largest absolute Gasteiger partial charge is 0.376 e. The van der Waals surface area contributed by atoms with Gasteiger partial charge in [-0.15, -0.1) is 11.8 Å². The van der Waals surface area contributed by atoms with E-state index < -0.39 is 0 Å². The third-order valence-corrected chi connectivity index (χ3v) is 5.52. The van der Waals surface area contributed by atoms with Crippen molar-refractivity contribution in [3.05, 3.63) is 54.1 Å². The number of para-hydroxylation sites is 1. The monoisotopic (exact) mass is 354 g/mol. The number of anilines is 2. The molecule has 4 nitrogen and oxygen atoms in total. The van der Waals surface area contributed by atoms with E-state index in [1.807, 2.05) is 47.0 Å². The smallest absolute Gasteiger partial charge is 0.246 e. The minimum atomic E-state index is 0.0374. The molecule has 0 aliphatic carbocycles. The number of ketones is 1. The molecule has 5 heteroatoms. The molecular formula is C20H22N2O2S. The number of thioether (sulfide) groups is 1. The number of benzene rings is 2. The zero-order valence-corrected chi connectivity index (χ0v) is 15.3. The number of rotatable bonds is 4. The number of hydrogen-bond donors (Lipinski definition) is 1. The maximum absolute atomic E-state index is 12.8. The molecule has 0 radical (unpaired) electrons. The van der Waals surface area contributed by atoms with E-state index in [2.05, 4.69) is 18.3 Å². The van der Waals surface area contributed by atoms with Gasteiger partial charge in [0.05, 0.1) is 12.2 Å². The molecule has 1 atom stereocenters. The first-order valence-corrected chi connectivity index (χ1v) is 9.33. The topological polar surface area (TPSA) is 49.4 Å². The second kappa shape index (κ2) is 7.74. The van der Waals surface area contributed by atoms with Crippen molar-refractivity contribution in [2.75, 3.05) is 23.3 Å². The Balaban J connectivity index is 1.69. The first-order chi connectivity index (χ1) is 12.0. The molecule has 2 aromatic rings. The van der Waals surface area contributed by atoms with Gasteiger partial charge in [-0.05, 0) is 49.7 Å². The van der Waals surface area contributed by atoms with Crippen LogP contribution in [-0.2, 0) is 4.79 Å². The number of amides is 1. The minimum Gasteiger partial charge on any atom is -0.376 e. The second-order valence-electron chi connectivity index (χ2n) is 6.22. The molecule has 1 amide bonds.